The van der Waals surface area contributed by atoms with Gasteiger partial charge >= 0.3 is 0 Å². The van der Waals surface area contributed by atoms with E-state index in [1.807, 2.05) is 0 Å². The van der Waals surface area contributed by atoms with Crippen molar-refractivity contribution in [3.8, 4) is 0 Å². The summed E-state index contributed by atoms with van der Waals surface area (Å²) in [6.45, 7) is 0.828. The number of aliphatic hydroxyl groups is 2. The van der Waals surface area contributed by atoms with Crippen LogP contribution in [0.4, 0.5) is 0 Å². The normalized spacial score (nSPS) is 26.5. The maximum absolute atomic E-state index is 11.8. The van der Waals surface area contributed by atoms with Crippen molar-refractivity contribution in [2.75, 3.05) is 32.4 Å². The van der Waals surface area contributed by atoms with Crippen LogP contribution in [0, 0.1) is 0 Å². The van der Waals surface area contributed by atoms with E-state index in [0.717, 1.165) is 6.26 Å². The Kier molecular flexibility index (Phi) is 5.68. The lowest BCUT2D eigenvalue weighted by Crippen LogP contribution is -2.61. The molecule has 2 atom stereocenters. The summed E-state index contributed by atoms with van der Waals surface area (Å²) in [6.07, 6.45) is -0.293. The van der Waals surface area contributed by atoms with E-state index >= 15 is 0 Å². The Labute approximate surface area is 123 Å². The van der Waals surface area contributed by atoms with E-state index in [-0.39, 0.29) is 44.4 Å². The fraction of sp³-hybridized carbons (Fsp3) is 0.818. The highest BCUT2D eigenvalue weighted by molar-refractivity contribution is 7.88. The molecule has 0 aromatic carbocycles. The third kappa shape index (κ3) is 5.58. The Morgan fingerprint density at radius 1 is 1.43 bits per heavy atom. The molecule has 0 saturated carbocycles. The van der Waals surface area contributed by atoms with Crippen LogP contribution in [-0.4, -0.2) is 79.5 Å². The molecule has 1 saturated heterocycles. The van der Waals surface area contributed by atoms with Crippen molar-refractivity contribution in [2.24, 2.45) is 0 Å². The number of nitrogens with one attached hydrogen (secondary N) is 2. The Morgan fingerprint density at radius 3 is 2.52 bits per heavy atom. The summed E-state index contributed by atoms with van der Waals surface area (Å²) in [4.78, 5) is 23.8. The highest BCUT2D eigenvalue weighted by Gasteiger charge is 2.42. The number of aliphatic hydroxyl groups excluding tert-OH is 1. The summed E-state index contributed by atoms with van der Waals surface area (Å²) in [7, 11) is -3.48. The molecule has 4 N–H and O–H groups in total. The van der Waals surface area contributed by atoms with E-state index in [1.165, 1.54) is 11.8 Å². The second-order valence-electron chi connectivity index (χ2n) is 5.21. The van der Waals surface area contributed by atoms with Gasteiger partial charge in [-0.15, -0.1) is 0 Å². The molecular formula is C11H21N3O6S. The van der Waals surface area contributed by atoms with Gasteiger partial charge in [0.25, 0.3) is 0 Å². The van der Waals surface area contributed by atoms with Crippen LogP contribution < -0.4 is 10.0 Å². The van der Waals surface area contributed by atoms with Gasteiger partial charge in [0, 0.05) is 26.6 Å². The van der Waals surface area contributed by atoms with Crippen molar-refractivity contribution in [3.63, 3.8) is 0 Å². The largest absolute Gasteiger partial charge is 0.388 e. The Morgan fingerprint density at radius 2 is 2.05 bits per heavy atom. The molecule has 122 valence electrons. The third-order valence-corrected chi connectivity index (χ3v) is 3.98. The van der Waals surface area contributed by atoms with Crippen molar-refractivity contribution in [2.45, 2.75) is 25.0 Å². The molecule has 0 aromatic rings. The fourth-order valence-corrected chi connectivity index (χ4v) is 2.48. The number of piperidine rings is 1. The van der Waals surface area contributed by atoms with E-state index < -0.39 is 21.7 Å². The highest BCUT2D eigenvalue weighted by atomic mass is 32.2. The molecule has 1 aliphatic heterocycles. The second-order valence-corrected chi connectivity index (χ2v) is 7.05. The zero-order valence-corrected chi connectivity index (χ0v) is 12.8. The number of hydrogen-bond donors (Lipinski definition) is 4. The van der Waals surface area contributed by atoms with Crippen LogP contribution in [-0.2, 0) is 19.6 Å². The third-order valence-electron chi connectivity index (χ3n) is 3.31. The first kappa shape index (κ1) is 17.8. The van der Waals surface area contributed by atoms with Gasteiger partial charge in [-0.1, -0.05) is 0 Å². The van der Waals surface area contributed by atoms with Gasteiger partial charge in [0.2, 0.25) is 21.8 Å². The summed E-state index contributed by atoms with van der Waals surface area (Å²) in [5.74, 6) is -0.711. The quantitative estimate of drug-likeness (QED) is 0.426. The first-order valence-electron chi connectivity index (χ1n) is 6.41. The minimum absolute atomic E-state index is 0.0303. The summed E-state index contributed by atoms with van der Waals surface area (Å²) in [5, 5.41) is 22.5. The number of amides is 2. The van der Waals surface area contributed by atoms with Crippen LogP contribution >= 0.6 is 0 Å². The Balaban J connectivity index is 2.56. The molecule has 1 heterocycles. The number of likely N-dealkylation sites (tertiary alicyclic amines) is 1. The number of nitrogens with zero attached hydrogens (tertiary/aromatic N) is 1. The maximum Gasteiger partial charge on any atom is 0.242 e. The SMILES string of the molecule is CC(=O)NCC(=O)N1CC[C@@](O)(CNS(C)(=O)=O)[C@H](O)C1. The molecule has 21 heavy (non-hydrogen) atoms. The van der Waals surface area contributed by atoms with Gasteiger partial charge in [0.05, 0.1) is 12.8 Å². The molecule has 2 amide bonds. The highest BCUT2D eigenvalue weighted by Crippen LogP contribution is 2.22. The molecule has 9 nitrogen and oxygen atoms in total. The van der Waals surface area contributed by atoms with E-state index in [2.05, 4.69) is 10.0 Å². The molecule has 1 fully saturated rings. The number of carbonyl (C=O) groups excluding carboxylic acids is 2. The molecule has 0 spiro atoms. The topological polar surface area (TPSA) is 136 Å². The molecular weight excluding hydrogens is 302 g/mol. The van der Waals surface area contributed by atoms with Crippen LogP contribution in [0.25, 0.3) is 0 Å². The van der Waals surface area contributed by atoms with Gasteiger partial charge in [-0.2, -0.15) is 0 Å². The van der Waals surface area contributed by atoms with Crippen LogP contribution in [0.15, 0.2) is 0 Å². The molecule has 0 aliphatic carbocycles. The fourth-order valence-electron chi connectivity index (χ4n) is 1.97. The number of carbonyl (C=O) groups is 2. The van der Waals surface area contributed by atoms with Gasteiger partial charge in [-0.05, 0) is 6.42 Å². The van der Waals surface area contributed by atoms with Gasteiger partial charge in [0.1, 0.15) is 11.7 Å². The van der Waals surface area contributed by atoms with Gasteiger partial charge in [0.15, 0.2) is 0 Å². The average molecular weight is 323 g/mol. The predicted molar refractivity (Wildman–Crippen MR) is 73.7 cm³/mol. The minimum atomic E-state index is -3.48. The Hall–Kier alpha value is -1.23. The van der Waals surface area contributed by atoms with Crippen LogP contribution in [0.2, 0.25) is 0 Å². The number of sulfonamides is 1. The molecule has 0 radical (unpaired) electrons. The lowest BCUT2D eigenvalue weighted by atomic mass is 9.88. The van der Waals surface area contributed by atoms with Crippen molar-refractivity contribution in [3.05, 3.63) is 0 Å². The first-order valence-corrected chi connectivity index (χ1v) is 8.30. The average Bonchev–Trinajstić information content (AvgIpc) is 2.36. The predicted octanol–water partition coefficient (Wildman–Crippen LogP) is -3.00. The Bertz CT molecular complexity index is 508. The first-order chi connectivity index (χ1) is 9.53. The van der Waals surface area contributed by atoms with Gasteiger partial charge < -0.3 is 20.4 Å². The van der Waals surface area contributed by atoms with Crippen molar-refractivity contribution in [1.29, 1.82) is 0 Å². The molecule has 10 heteroatoms. The maximum atomic E-state index is 11.8. The lowest BCUT2D eigenvalue weighted by molar-refractivity contribution is -0.148. The molecule has 0 bridgehead atoms. The van der Waals surface area contributed by atoms with Gasteiger partial charge in [-0.3, -0.25) is 9.59 Å². The second kappa shape index (κ2) is 6.69. The molecule has 1 rings (SSSR count). The summed E-state index contributed by atoms with van der Waals surface area (Å²) in [5.41, 5.74) is -1.62. The van der Waals surface area contributed by atoms with Crippen molar-refractivity contribution in [1.82, 2.24) is 14.9 Å². The van der Waals surface area contributed by atoms with E-state index in [1.54, 1.807) is 0 Å². The summed E-state index contributed by atoms with van der Waals surface area (Å²) in [6, 6.07) is 0. The van der Waals surface area contributed by atoms with Crippen LogP contribution in [0.3, 0.4) is 0 Å². The van der Waals surface area contributed by atoms with Crippen LogP contribution in [0.5, 0.6) is 0 Å². The summed E-state index contributed by atoms with van der Waals surface area (Å²) < 4.78 is 24.2. The molecule has 0 unspecified atom stereocenters. The van der Waals surface area contributed by atoms with E-state index in [4.69, 9.17) is 0 Å². The zero-order chi connectivity index (χ0) is 16.3. The number of β-amino-alcohol motifs (C(OH)–C–C–N with tert-alkyl or cyclic N) is 1. The number of rotatable bonds is 5. The molecule has 1 aliphatic rings. The van der Waals surface area contributed by atoms with Crippen molar-refractivity contribution < 1.29 is 28.2 Å². The summed E-state index contributed by atoms with van der Waals surface area (Å²) >= 11 is 0. The zero-order valence-electron chi connectivity index (χ0n) is 12.0. The van der Waals surface area contributed by atoms with E-state index in [0.29, 0.717) is 0 Å². The van der Waals surface area contributed by atoms with Crippen LogP contribution in [0.1, 0.15) is 13.3 Å². The van der Waals surface area contributed by atoms with Crippen molar-refractivity contribution >= 4 is 21.8 Å². The smallest absolute Gasteiger partial charge is 0.242 e. The molecule has 0 aromatic heterocycles. The van der Waals surface area contributed by atoms with Gasteiger partial charge in [-0.25, -0.2) is 13.1 Å². The minimum Gasteiger partial charge on any atom is -0.388 e. The standard InChI is InChI=1S/C11H21N3O6S/c1-8(15)12-5-10(17)14-4-3-11(18,9(16)6-14)7-13-21(2,19)20/h9,13,16,18H,3-7H2,1-2H3,(H,12,15)/t9-,11-/m1/s1. The number of hydrogen-bond acceptors (Lipinski definition) is 6. The van der Waals surface area contributed by atoms with E-state index in [9.17, 15) is 28.2 Å². The monoisotopic (exact) mass is 323 g/mol. The lowest BCUT2D eigenvalue weighted by Gasteiger charge is -2.42.